The average molecular weight is 1430 g/mol. The van der Waals surface area contributed by atoms with Gasteiger partial charge in [-0.25, -0.2) is 4.79 Å². The van der Waals surface area contributed by atoms with Crippen molar-refractivity contribution >= 4 is 91.8 Å². The molecule has 1 rings (SSSR count). The van der Waals surface area contributed by atoms with Crippen molar-refractivity contribution in [3.63, 3.8) is 0 Å². The number of unbranched alkanes of at least 4 members (excludes halogenated alkanes) is 3. The topological polar surface area (TPSA) is 499 Å². The molecule has 30 nitrogen and oxygen atoms in total. The first-order valence-electron chi connectivity index (χ1n) is 34.0. The number of hydrogen-bond donors (Lipinski definition) is 17. The number of nitrogens with two attached hydrogens (primary N) is 4. The molecule has 548 valence electrons. The van der Waals surface area contributed by atoms with Gasteiger partial charge in [0.1, 0.15) is 41.3 Å². The zero-order valence-corrected chi connectivity index (χ0v) is 60.1. The molecule has 0 bridgehead atoms. The van der Waals surface area contributed by atoms with E-state index in [2.05, 4.69) is 58.5 Å². The Morgan fingerprint density at radius 1 is 0.615 bits per heavy atom. The van der Waals surface area contributed by atoms with Crippen LogP contribution in [0.5, 0.6) is 0 Å². The predicted octanol–water partition coefficient (Wildman–Crippen LogP) is -0.542. The maximum atomic E-state index is 14.8. The standard InChI is InChI=1S/C65H117N15O15Se/c1-11-41(6)52(78-55(86)46(29-35-96-10)70-42(7)82)60(91)72-43(24-16-21-32-66)53(84)75-49(37-40(4)5)59(90)80-65(9)31-20-15-13-12-14-19-30-64(8,62(94)76-45(27-28-51(69)83)54(85)73-47(61(92)93)26-18-23-34-68)79-58(89)44(25-17-22-33-67)71-56(87)48(36-39(2)3)74-57(88)50(38-81)77-63(65)95/h12-13,39-41,43-50,52,81H,11,14-38,66-68H2,1-10H3,(H2,69,83)(H,70,82)(H,71,87)(H,72,91)(H,73,85)(H,74,88)(H,75,84)(H,76,94)(H,77,95)(H,78,86)(H,79,89)(H,80,90)(H,92,93)/b13-12-/t41-,43-,44-,45-,46-,47-,48-,49-,50-,52-,64-,65-/m0/s1. The molecule has 0 spiro atoms. The zero-order valence-electron chi connectivity index (χ0n) is 58.4. The van der Waals surface area contributed by atoms with Crippen LogP contribution in [0.2, 0.25) is 11.1 Å². The van der Waals surface area contributed by atoms with E-state index in [1.165, 1.54) is 20.8 Å². The molecule has 1 aliphatic rings. The number of carboxylic acid groups (broad SMARTS) is 1. The van der Waals surface area contributed by atoms with E-state index in [1.807, 2.05) is 26.6 Å². The van der Waals surface area contributed by atoms with Crippen molar-refractivity contribution in [1.82, 2.24) is 58.5 Å². The van der Waals surface area contributed by atoms with Gasteiger partial charge in [0.2, 0.25) is 47.3 Å². The molecule has 0 radical (unpaired) electrons. The summed E-state index contributed by atoms with van der Waals surface area (Å²) in [6.45, 7) is 14.7. The number of carboxylic acids is 1. The molecule has 0 aromatic carbocycles. The van der Waals surface area contributed by atoms with Gasteiger partial charge in [-0.05, 0) is 142 Å². The fourth-order valence-corrected chi connectivity index (χ4v) is 11.7. The Bertz CT molecular complexity index is 2560. The van der Waals surface area contributed by atoms with Gasteiger partial charge in [-0.1, -0.05) is 39.8 Å². The van der Waals surface area contributed by atoms with E-state index in [0.717, 1.165) is 0 Å². The first kappa shape index (κ1) is 87.2. The second-order valence-corrected chi connectivity index (χ2v) is 28.4. The van der Waals surface area contributed by atoms with Crippen molar-refractivity contribution < 1.29 is 72.5 Å². The summed E-state index contributed by atoms with van der Waals surface area (Å²) < 4.78 is 0. The molecule has 0 fully saturated rings. The van der Waals surface area contributed by atoms with E-state index in [1.54, 1.807) is 32.9 Å². The SMILES string of the molecule is CC[C@H](C)[C@H](NC(=O)[C@H](CC[Se]C)NC(C)=O)C(=O)N[C@@H](CCCCN)C(=O)N[C@@H](CC(C)C)C(=O)N[C@@]1(C)CCC/C=C\CCC[C@@](C)(C(=O)N[C@@H](CCC(N)=O)C(=O)N[C@@H](CCCCN)C(=O)O)NC(=O)[C@H](CCCCN)NC(=O)[C@H](CC(C)C)NC(=O)[C@H](CO)NC1=O. The summed E-state index contributed by atoms with van der Waals surface area (Å²) in [7, 11) is 0. The Hall–Kier alpha value is -6.79. The van der Waals surface area contributed by atoms with Gasteiger partial charge < -0.3 is 70.4 Å². The van der Waals surface area contributed by atoms with Crippen LogP contribution in [0.1, 0.15) is 197 Å². The molecular formula is C65H117N15O15Se. The first-order chi connectivity index (χ1) is 45.3. The summed E-state index contributed by atoms with van der Waals surface area (Å²) >= 11 is 0.198. The number of aliphatic carboxylic acids is 1. The van der Waals surface area contributed by atoms with Crippen molar-refractivity contribution in [3.05, 3.63) is 12.2 Å². The number of aliphatic hydroxyl groups excluding tert-OH is 1. The van der Waals surface area contributed by atoms with Gasteiger partial charge in [0.25, 0.3) is 0 Å². The average Bonchev–Trinajstić information content (AvgIpc) is 0.863. The monoisotopic (exact) mass is 1430 g/mol. The summed E-state index contributed by atoms with van der Waals surface area (Å²) in [5.41, 5.74) is 19.0. The van der Waals surface area contributed by atoms with E-state index >= 15 is 0 Å². The van der Waals surface area contributed by atoms with E-state index in [9.17, 15) is 72.5 Å². The van der Waals surface area contributed by atoms with Crippen LogP contribution in [0.25, 0.3) is 0 Å². The van der Waals surface area contributed by atoms with E-state index in [0.29, 0.717) is 69.5 Å². The van der Waals surface area contributed by atoms with Crippen LogP contribution in [-0.2, 0) is 62.3 Å². The molecule has 12 amide bonds. The predicted molar refractivity (Wildman–Crippen MR) is 364 cm³/mol. The summed E-state index contributed by atoms with van der Waals surface area (Å²) in [5.74, 6) is -9.66. The molecule has 1 aliphatic heterocycles. The van der Waals surface area contributed by atoms with Crippen LogP contribution in [0, 0.1) is 17.8 Å². The third-order valence-electron chi connectivity index (χ3n) is 16.7. The third-order valence-corrected chi connectivity index (χ3v) is 18.0. The van der Waals surface area contributed by atoms with Crippen LogP contribution in [0.3, 0.4) is 0 Å². The van der Waals surface area contributed by atoms with Gasteiger partial charge in [-0.2, -0.15) is 0 Å². The zero-order chi connectivity index (χ0) is 72.7. The van der Waals surface area contributed by atoms with E-state index in [4.69, 9.17) is 22.9 Å². The van der Waals surface area contributed by atoms with Crippen molar-refractivity contribution in [2.75, 3.05) is 26.2 Å². The van der Waals surface area contributed by atoms with Crippen molar-refractivity contribution in [2.24, 2.45) is 40.7 Å². The smallest absolute Gasteiger partial charge is 0.480 e. The van der Waals surface area contributed by atoms with Crippen LogP contribution in [0.4, 0.5) is 0 Å². The van der Waals surface area contributed by atoms with E-state index in [-0.39, 0.29) is 117 Å². The second-order valence-electron chi connectivity index (χ2n) is 26.3. The third kappa shape index (κ3) is 33.0. The summed E-state index contributed by atoms with van der Waals surface area (Å²) in [5, 5.41) is 51.1. The number of allylic oxidation sites excluding steroid dienone is 2. The number of carbonyl (C=O) groups is 13. The number of aliphatic hydroxyl groups is 1. The van der Waals surface area contributed by atoms with Gasteiger partial charge in [0.15, 0.2) is 0 Å². The Morgan fingerprint density at radius 2 is 1.14 bits per heavy atom. The summed E-state index contributed by atoms with van der Waals surface area (Å²) in [6, 6.07) is -11.9. The van der Waals surface area contributed by atoms with Gasteiger partial charge in [-0.15, -0.1) is 0 Å². The minimum absolute atomic E-state index is 0.00206. The quantitative estimate of drug-likeness (QED) is 0.0209. The van der Waals surface area contributed by atoms with Gasteiger partial charge in [-0.3, -0.25) is 38.4 Å². The number of carbonyl (C=O) groups excluding carboxylic acids is 12. The minimum Gasteiger partial charge on any atom is -0.480 e. The minimum atomic E-state index is -1.86. The van der Waals surface area contributed by atoms with Crippen LogP contribution in [0.15, 0.2) is 12.2 Å². The molecule has 31 heteroatoms. The molecule has 0 aliphatic carbocycles. The van der Waals surface area contributed by atoms with Crippen LogP contribution < -0.4 is 81.4 Å². The molecule has 0 aromatic rings. The van der Waals surface area contributed by atoms with Gasteiger partial charge in [0.05, 0.1) is 6.61 Å². The Morgan fingerprint density at radius 3 is 1.67 bits per heavy atom. The number of nitrogens with one attached hydrogen (secondary N) is 11. The van der Waals surface area contributed by atoms with Crippen LogP contribution in [-0.4, -0.2) is 194 Å². The fourth-order valence-electron chi connectivity index (χ4n) is 10.7. The number of hydrogen-bond acceptors (Lipinski definition) is 17. The fraction of sp³-hybridized carbons (Fsp3) is 0.769. The molecule has 0 aromatic heterocycles. The number of rotatable bonds is 39. The molecule has 0 saturated carbocycles. The molecule has 0 unspecified atom stereocenters. The van der Waals surface area contributed by atoms with Crippen molar-refractivity contribution in [1.29, 1.82) is 0 Å². The Balaban J connectivity index is 3.97. The normalized spacial score (nSPS) is 21.9. The Kier molecular flexibility index (Phi) is 42.2. The van der Waals surface area contributed by atoms with E-state index < -0.39 is 155 Å². The van der Waals surface area contributed by atoms with Gasteiger partial charge in [0, 0.05) is 6.42 Å². The molecule has 96 heavy (non-hydrogen) atoms. The molecular weight excluding hydrogens is 1310 g/mol. The number of primary amides is 1. The molecule has 1 heterocycles. The molecule has 12 atom stereocenters. The second kappa shape index (κ2) is 46.4. The summed E-state index contributed by atoms with van der Waals surface area (Å²) in [4.78, 5) is 180. The Labute approximate surface area is 573 Å². The number of amides is 12. The van der Waals surface area contributed by atoms with Crippen molar-refractivity contribution in [3.8, 4) is 0 Å². The maximum absolute atomic E-state index is 14.8. The van der Waals surface area contributed by atoms with Gasteiger partial charge >= 0.3 is 179 Å². The molecule has 21 N–H and O–H groups in total. The summed E-state index contributed by atoms with van der Waals surface area (Å²) in [6.07, 6.45) is 7.12. The first-order valence-corrected chi connectivity index (χ1v) is 36.9. The molecule has 0 saturated heterocycles. The van der Waals surface area contributed by atoms with Crippen molar-refractivity contribution in [2.45, 2.75) is 274 Å². The van der Waals surface area contributed by atoms with Crippen LogP contribution >= 0.6 is 0 Å².